The quantitative estimate of drug-likeness (QED) is 0.789. The van der Waals surface area contributed by atoms with Gasteiger partial charge in [-0.05, 0) is 36.6 Å². The van der Waals surface area contributed by atoms with Crippen molar-refractivity contribution in [2.45, 2.75) is 19.3 Å². The van der Waals surface area contributed by atoms with Crippen LogP contribution in [0.2, 0.25) is 0 Å². The van der Waals surface area contributed by atoms with Crippen LogP contribution in [0.15, 0.2) is 24.3 Å². The lowest BCUT2D eigenvalue weighted by Gasteiger charge is -2.08. The minimum Gasteiger partial charge on any atom is -0.493 e. The van der Waals surface area contributed by atoms with E-state index in [2.05, 4.69) is 0 Å². The second-order valence-electron chi connectivity index (χ2n) is 4.43. The molecule has 1 aliphatic carbocycles. The maximum absolute atomic E-state index is 13.1. The number of hydrogen-bond donors (Lipinski definition) is 1. The number of carbonyl (C=O) groups is 1. The van der Waals surface area contributed by atoms with E-state index in [4.69, 9.17) is 9.84 Å². The van der Waals surface area contributed by atoms with Gasteiger partial charge in [0.2, 0.25) is 0 Å². The van der Waals surface area contributed by atoms with E-state index in [1.165, 1.54) is 37.1 Å². The largest absolute Gasteiger partial charge is 0.493 e. The Labute approximate surface area is 105 Å². The molecule has 1 aliphatic rings. The fourth-order valence-corrected chi connectivity index (χ4v) is 1.68. The maximum Gasteiger partial charge on any atom is 0.328 e. The fourth-order valence-electron chi connectivity index (χ4n) is 1.68. The third-order valence-electron chi connectivity index (χ3n) is 2.86. The first-order valence-electron chi connectivity index (χ1n) is 5.98. The molecule has 0 radical (unpaired) electrons. The zero-order chi connectivity index (χ0) is 13.0. The van der Waals surface area contributed by atoms with Crippen LogP contribution in [-0.4, -0.2) is 17.7 Å². The van der Waals surface area contributed by atoms with Gasteiger partial charge in [0.05, 0.1) is 6.61 Å². The number of benzene rings is 1. The van der Waals surface area contributed by atoms with Crippen LogP contribution in [0.5, 0.6) is 5.75 Å². The Morgan fingerprint density at radius 1 is 1.50 bits per heavy atom. The van der Waals surface area contributed by atoms with Crippen LogP contribution in [0, 0.1) is 11.7 Å². The van der Waals surface area contributed by atoms with Gasteiger partial charge in [0, 0.05) is 11.6 Å². The molecule has 1 aromatic carbocycles. The lowest BCUT2D eigenvalue weighted by Crippen LogP contribution is -2.00. The van der Waals surface area contributed by atoms with Gasteiger partial charge in [-0.25, -0.2) is 9.18 Å². The number of carboxylic acids is 1. The summed E-state index contributed by atoms with van der Waals surface area (Å²) in [5.74, 6) is -0.184. The molecule has 0 unspecified atom stereocenters. The molecular weight excluding hydrogens is 235 g/mol. The van der Waals surface area contributed by atoms with Crippen molar-refractivity contribution in [3.05, 3.63) is 35.7 Å². The van der Waals surface area contributed by atoms with Crippen molar-refractivity contribution in [3.8, 4) is 5.75 Å². The van der Waals surface area contributed by atoms with Gasteiger partial charge in [-0.2, -0.15) is 0 Å². The third-order valence-corrected chi connectivity index (χ3v) is 2.86. The monoisotopic (exact) mass is 250 g/mol. The van der Waals surface area contributed by atoms with E-state index < -0.39 is 11.8 Å². The van der Waals surface area contributed by atoms with Crippen LogP contribution >= 0.6 is 0 Å². The van der Waals surface area contributed by atoms with E-state index in [0.717, 1.165) is 18.4 Å². The van der Waals surface area contributed by atoms with Gasteiger partial charge in [-0.1, -0.05) is 12.8 Å². The highest BCUT2D eigenvalue weighted by Crippen LogP contribution is 2.32. The second-order valence-corrected chi connectivity index (χ2v) is 4.43. The average Bonchev–Trinajstić information content (AvgIpc) is 3.13. The topological polar surface area (TPSA) is 46.5 Å². The van der Waals surface area contributed by atoms with E-state index in [9.17, 15) is 9.18 Å². The summed E-state index contributed by atoms with van der Waals surface area (Å²) in [6.07, 6.45) is 5.84. The van der Waals surface area contributed by atoms with Crippen LogP contribution in [0.4, 0.5) is 4.39 Å². The van der Waals surface area contributed by atoms with Crippen molar-refractivity contribution in [1.29, 1.82) is 0 Å². The highest BCUT2D eigenvalue weighted by atomic mass is 19.1. The standard InChI is InChI=1S/C14H15FO3/c15-12-4-5-13(18-8-7-10-1-2-10)11(9-12)3-6-14(16)17/h3-6,9-10H,1-2,7-8H2,(H,16,17)/b6-3+. The number of hydrogen-bond acceptors (Lipinski definition) is 2. The number of halogens is 1. The van der Waals surface area contributed by atoms with Crippen LogP contribution in [0.1, 0.15) is 24.8 Å². The molecule has 0 saturated heterocycles. The van der Waals surface area contributed by atoms with Gasteiger partial charge < -0.3 is 9.84 Å². The highest BCUT2D eigenvalue weighted by molar-refractivity contribution is 5.85. The third kappa shape index (κ3) is 3.87. The lowest BCUT2D eigenvalue weighted by molar-refractivity contribution is -0.131. The summed E-state index contributed by atoms with van der Waals surface area (Å²) in [6.45, 7) is 0.588. The summed E-state index contributed by atoms with van der Waals surface area (Å²) < 4.78 is 18.7. The average molecular weight is 250 g/mol. The molecule has 1 aromatic rings. The Balaban J connectivity index is 2.03. The molecule has 2 rings (SSSR count). The van der Waals surface area contributed by atoms with Crippen molar-refractivity contribution >= 4 is 12.0 Å². The zero-order valence-electron chi connectivity index (χ0n) is 9.93. The minimum absolute atomic E-state index is 0.408. The number of rotatable bonds is 6. The van der Waals surface area contributed by atoms with Crippen molar-refractivity contribution in [3.63, 3.8) is 0 Å². The maximum atomic E-state index is 13.1. The second kappa shape index (κ2) is 5.67. The van der Waals surface area contributed by atoms with Crippen LogP contribution in [-0.2, 0) is 4.79 Å². The highest BCUT2D eigenvalue weighted by Gasteiger charge is 2.20. The summed E-state index contributed by atoms with van der Waals surface area (Å²) in [4.78, 5) is 10.5. The Morgan fingerprint density at radius 2 is 2.28 bits per heavy atom. The van der Waals surface area contributed by atoms with Crippen LogP contribution in [0.25, 0.3) is 6.08 Å². The molecule has 0 spiro atoms. The molecule has 18 heavy (non-hydrogen) atoms. The molecule has 0 bridgehead atoms. The minimum atomic E-state index is -1.07. The Hall–Kier alpha value is -1.84. The number of ether oxygens (including phenoxy) is 1. The van der Waals surface area contributed by atoms with Crippen LogP contribution < -0.4 is 4.74 Å². The fraction of sp³-hybridized carbons (Fsp3) is 0.357. The van der Waals surface area contributed by atoms with Crippen molar-refractivity contribution < 1.29 is 19.0 Å². The normalized spacial score (nSPS) is 14.9. The first kappa shape index (κ1) is 12.6. The molecule has 0 atom stereocenters. The molecule has 1 fully saturated rings. The summed E-state index contributed by atoms with van der Waals surface area (Å²) in [7, 11) is 0. The Kier molecular flexibility index (Phi) is 3.97. The molecule has 0 heterocycles. The first-order chi connectivity index (χ1) is 8.65. The Morgan fingerprint density at radius 3 is 2.94 bits per heavy atom. The van der Waals surface area contributed by atoms with Crippen molar-refractivity contribution in [1.82, 2.24) is 0 Å². The van der Waals surface area contributed by atoms with E-state index in [1.54, 1.807) is 0 Å². The SMILES string of the molecule is O=C(O)/C=C/c1cc(F)ccc1OCCC1CC1. The molecule has 1 N–H and O–H groups in total. The molecule has 0 aliphatic heterocycles. The van der Waals surface area contributed by atoms with E-state index in [0.29, 0.717) is 17.9 Å². The van der Waals surface area contributed by atoms with Gasteiger partial charge in [0.1, 0.15) is 11.6 Å². The Bertz CT molecular complexity index is 464. The summed E-state index contributed by atoms with van der Waals surface area (Å²) in [6, 6.07) is 4.11. The van der Waals surface area contributed by atoms with Gasteiger partial charge in [-0.3, -0.25) is 0 Å². The van der Waals surface area contributed by atoms with Gasteiger partial charge in [0.15, 0.2) is 0 Å². The first-order valence-corrected chi connectivity index (χ1v) is 5.98. The van der Waals surface area contributed by atoms with Crippen LogP contribution in [0.3, 0.4) is 0 Å². The van der Waals surface area contributed by atoms with Crippen molar-refractivity contribution in [2.24, 2.45) is 5.92 Å². The molecule has 96 valence electrons. The smallest absolute Gasteiger partial charge is 0.328 e. The summed E-state index contributed by atoms with van der Waals surface area (Å²) >= 11 is 0. The lowest BCUT2D eigenvalue weighted by atomic mass is 10.2. The molecular formula is C14H15FO3. The van der Waals surface area contributed by atoms with E-state index in [1.807, 2.05) is 0 Å². The molecule has 4 heteroatoms. The summed E-state index contributed by atoms with van der Waals surface area (Å²) in [5, 5.41) is 8.57. The predicted octanol–water partition coefficient (Wildman–Crippen LogP) is 3.10. The van der Waals surface area contributed by atoms with E-state index >= 15 is 0 Å². The number of carboxylic acid groups (broad SMARTS) is 1. The zero-order valence-corrected chi connectivity index (χ0v) is 9.93. The number of aliphatic carboxylic acids is 1. The summed E-state index contributed by atoms with van der Waals surface area (Å²) in [5.41, 5.74) is 0.452. The van der Waals surface area contributed by atoms with Gasteiger partial charge >= 0.3 is 5.97 Å². The van der Waals surface area contributed by atoms with E-state index in [-0.39, 0.29) is 0 Å². The molecule has 0 aromatic heterocycles. The predicted molar refractivity (Wildman–Crippen MR) is 65.9 cm³/mol. The molecule has 3 nitrogen and oxygen atoms in total. The van der Waals surface area contributed by atoms with Gasteiger partial charge in [-0.15, -0.1) is 0 Å². The van der Waals surface area contributed by atoms with Gasteiger partial charge in [0.25, 0.3) is 0 Å². The molecule has 1 saturated carbocycles. The molecule has 0 amide bonds. The van der Waals surface area contributed by atoms with Crippen molar-refractivity contribution in [2.75, 3.05) is 6.61 Å².